The number of aliphatic imine (C=N–C) groups is 1. The largest absolute Gasteiger partial charge is 0.363 e. The highest BCUT2D eigenvalue weighted by molar-refractivity contribution is 6.29. The number of aryl methyl sites for hydroxylation is 4. The maximum Gasteiger partial charge on any atom is 0.129 e. The summed E-state index contributed by atoms with van der Waals surface area (Å²) in [4.78, 5) is 8.28. The number of aromatic nitrogens is 2. The predicted molar refractivity (Wildman–Crippen MR) is 322 cm³/mol. The molecule has 6 unspecified atom stereocenters. The normalized spacial score (nSPS) is 22.2. The summed E-state index contributed by atoms with van der Waals surface area (Å²) < 4.78 is 5.11. The van der Waals surface area contributed by atoms with Crippen molar-refractivity contribution in [3.8, 4) is 11.4 Å². The van der Waals surface area contributed by atoms with Gasteiger partial charge in [0, 0.05) is 45.7 Å². The van der Waals surface area contributed by atoms with Gasteiger partial charge in [0.25, 0.3) is 0 Å². The zero-order chi connectivity index (χ0) is 51.9. The van der Waals surface area contributed by atoms with E-state index >= 15 is 0 Å². The number of rotatable bonds is 8. The second-order valence-electron chi connectivity index (χ2n) is 22.9. The van der Waals surface area contributed by atoms with E-state index in [1.165, 1.54) is 111 Å². The molecule has 6 atom stereocenters. The van der Waals surface area contributed by atoms with E-state index in [9.17, 15) is 0 Å². The lowest BCUT2D eigenvalue weighted by molar-refractivity contribution is 0.169. The molecule has 1 N–H and O–H groups in total. The van der Waals surface area contributed by atoms with Gasteiger partial charge in [0.2, 0.25) is 0 Å². The van der Waals surface area contributed by atoms with Crippen molar-refractivity contribution in [3.05, 3.63) is 268 Å². The summed E-state index contributed by atoms with van der Waals surface area (Å²) in [6, 6.07) is 77.5. The first-order chi connectivity index (χ1) is 37.7. The lowest BCUT2D eigenvalue weighted by Crippen LogP contribution is -2.35. The monoisotopic (exact) mass is 1000 g/mol. The summed E-state index contributed by atoms with van der Waals surface area (Å²) in [5.74, 6) is 0.947. The molecule has 9 aromatic carbocycles. The minimum absolute atomic E-state index is 0.00289. The van der Waals surface area contributed by atoms with Gasteiger partial charge in [-0.1, -0.05) is 183 Å². The summed E-state index contributed by atoms with van der Waals surface area (Å²) in [6.07, 6.45) is 6.69. The average Bonchev–Trinajstić information content (AvgIpc) is 4.34. The van der Waals surface area contributed by atoms with Gasteiger partial charge >= 0.3 is 0 Å². The van der Waals surface area contributed by atoms with Gasteiger partial charge in [-0.3, -0.25) is 9.89 Å². The number of nitrogens with zero attached hydrogens (tertiary/aromatic N) is 4. The smallest absolute Gasteiger partial charge is 0.129 e. The van der Waals surface area contributed by atoms with Crippen LogP contribution in [-0.4, -0.2) is 26.4 Å². The zero-order valence-corrected chi connectivity index (χ0v) is 44.8. The van der Waals surface area contributed by atoms with E-state index in [1.54, 1.807) is 0 Å². The van der Waals surface area contributed by atoms with Crippen LogP contribution in [0.3, 0.4) is 0 Å². The fourth-order valence-corrected chi connectivity index (χ4v) is 14.2. The molecular weight excluding hydrogens is 935 g/mol. The molecule has 3 aliphatic rings. The molecule has 5 heteroatoms. The predicted octanol–water partition coefficient (Wildman–Crippen LogP) is 17.7. The van der Waals surface area contributed by atoms with Crippen molar-refractivity contribution in [2.24, 2.45) is 10.4 Å². The first-order valence-electron chi connectivity index (χ1n) is 27.9. The number of amidine groups is 1. The Labute approximate surface area is 452 Å². The fraction of sp³-hybridized carbons (Fsp3) is 0.208. The molecule has 2 aromatic heterocycles. The number of fused-ring (bicyclic) bond motifs is 9. The molecule has 0 aliphatic carbocycles. The van der Waals surface area contributed by atoms with Gasteiger partial charge in [0.1, 0.15) is 5.84 Å². The molecule has 1 saturated heterocycles. The molecule has 5 heterocycles. The Morgan fingerprint density at radius 2 is 0.961 bits per heavy atom. The van der Waals surface area contributed by atoms with Gasteiger partial charge in [-0.25, -0.2) is 0 Å². The highest BCUT2D eigenvalue weighted by Crippen LogP contribution is 2.53. The third kappa shape index (κ3) is 8.05. The number of allylic oxidation sites excluding steroid dienone is 1. The Morgan fingerprint density at radius 1 is 0.481 bits per heavy atom. The van der Waals surface area contributed by atoms with Crippen molar-refractivity contribution < 1.29 is 0 Å². The standard InChI is InChI=1S/C72H65N5/c1-46-38-55(54-36-37-72(5)44-66(52-26-14-8-15-27-52)75(45-72)65(42-54)51-24-12-7-13-25-51)39-47(2)69(46)76-61-32-20-18-30-57(61)67-63(76)34-35-64-68(67)58-31-19-21-33-62(58)77(64)70-48(3)40-56(41-49(70)4)60-43-59(50-22-10-6-11-23-50)73-71(74-60)53-28-16-9-17-29-53/h6-36,38-41,59-60,65-66H,37,42-45H2,1-5H3,(H,73,74)/b54-36-. The fourth-order valence-electron chi connectivity index (χ4n) is 14.2. The molecule has 77 heavy (non-hydrogen) atoms. The molecular formula is C72H65N5. The van der Waals surface area contributed by atoms with Crippen molar-refractivity contribution in [1.29, 1.82) is 0 Å². The van der Waals surface area contributed by atoms with Crippen molar-refractivity contribution >= 4 is 55.0 Å². The van der Waals surface area contributed by atoms with Crippen LogP contribution < -0.4 is 5.32 Å². The first-order valence-corrected chi connectivity index (χ1v) is 27.9. The van der Waals surface area contributed by atoms with Crippen LogP contribution in [-0.2, 0) is 0 Å². The number of hydrogen-bond acceptors (Lipinski definition) is 3. The van der Waals surface area contributed by atoms with Gasteiger partial charge < -0.3 is 14.5 Å². The van der Waals surface area contributed by atoms with Crippen LogP contribution in [0.5, 0.6) is 0 Å². The molecule has 2 bridgehead atoms. The number of benzene rings is 9. The van der Waals surface area contributed by atoms with Gasteiger partial charge in [-0.2, -0.15) is 0 Å². The van der Waals surface area contributed by atoms with E-state index in [0.717, 1.165) is 43.6 Å². The van der Waals surface area contributed by atoms with Crippen LogP contribution in [0, 0.1) is 33.1 Å². The van der Waals surface area contributed by atoms with Crippen molar-refractivity contribution in [3.63, 3.8) is 0 Å². The van der Waals surface area contributed by atoms with Gasteiger partial charge in [-0.15, -0.1) is 0 Å². The molecule has 1 fully saturated rings. The molecule has 0 radical (unpaired) electrons. The maximum atomic E-state index is 5.44. The van der Waals surface area contributed by atoms with Crippen LogP contribution >= 0.6 is 0 Å². The van der Waals surface area contributed by atoms with Crippen LogP contribution in [0.4, 0.5) is 0 Å². The zero-order valence-electron chi connectivity index (χ0n) is 44.8. The lowest BCUT2D eigenvalue weighted by atomic mass is 9.81. The summed E-state index contributed by atoms with van der Waals surface area (Å²) in [5.41, 5.74) is 21.9. The Kier molecular flexibility index (Phi) is 11.5. The summed E-state index contributed by atoms with van der Waals surface area (Å²) in [5, 5.41) is 8.94. The Balaban J connectivity index is 0.877. The third-order valence-corrected chi connectivity index (χ3v) is 17.7. The summed E-state index contributed by atoms with van der Waals surface area (Å²) >= 11 is 0. The second kappa shape index (κ2) is 18.8. The summed E-state index contributed by atoms with van der Waals surface area (Å²) in [6.45, 7) is 12.9. The topological polar surface area (TPSA) is 37.5 Å². The molecule has 0 amide bonds. The molecule has 5 nitrogen and oxygen atoms in total. The third-order valence-electron chi connectivity index (χ3n) is 17.7. The second-order valence-corrected chi connectivity index (χ2v) is 22.9. The highest BCUT2D eigenvalue weighted by atomic mass is 15.2. The van der Waals surface area contributed by atoms with Crippen molar-refractivity contribution in [1.82, 2.24) is 19.4 Å². The minimum atomic E-state index is -0.00289. The van der Waals surface area contributed by atoms with Crippen molar-refractivity contribution in [2.75, 3.05) is 6.54 Å². The Bertz CT molecular complexity index is 4080. The van der Waals surface area contributed by atoms with Gasteiger partial charge in [-0.05, 0) is 151 Å². The lowest BCUT2D eigenvalue weighted by Gasteiger charge is -2.36. The maximum absolute atomic E-state index is 5.44. The quantitative estimate of drug-likeness (QED) is 0.165. The Hall–Kier alpha value is -8.25. The van der Waals surface area contributed by atoms with Crippen LogP contribution in [0.15, 0.2) is 217 Å². The molecule has 0 saturated carbocycles. The first kappa shape index (κ1) is 47.2. The van der Waals surface area contributed by atoms with Crippen LogP contribution in [0.1, 0.15) is 112 Å². The molecule has 0 spiro atoms. The van der Waals surface area contributed by atoms with E-state index in [0.29, 0.717) is 6.04 Å². The van der Waals surface area contributed by atoms with E-state index in [1.807, 2.05) is 0 Å². The van der Waals surface area contributed by atoms with Crippen molar-refractivity contribution in [2.45, 2.75) is 84.5 Å². The van der Waals surface area contributed by atoms with E-state index in [2.05, 4.69) is 266 Å². The summed E-state index contributed by atoms with van der Waals surface area (Å²) in [7, 11) is 0. The number of nitrogens with one attached hydrogen (secondary N) is 1. The average molecular weight is 1000 g/mol. The van der Waals surface area contributed by atoms with E-state index in [-0.39, 0.29) is 23.5 Å². The minimum Gasteiger partial charge on any atom is -0.363 e. The SMILES string of the molecule is Cc1cc(/C2=C\CC3(C)CC(c4ccccc4)N(C3)C(c3ccccc3)C2)cc(C)c1-n1c2ccccc2c2c3c4ccccc4n(-c4c(C)cc(C5CC(c6ccccc6)NC(c6ccccc6)=N5)cc4C)c3ccc21. The molecule has 378 valence electrons. The van der Waals surface area contributed by atoms with E-state index < -0.39 is 0 Å². The van der Waals surface area contributed by atoms with Gasteiger partial charge in [0.15, 0.2) is 0 Å². The Morgan fingerprint density at radius 3 is 1.52 bits per heavy atom. The van der Waals surface area contributed by atoms with Crippen LogP contribution in [0.25, 0.3) is 60.6 Å². The molecule has 11 aromatic rings. The highest BCUT2D eigenvalue weighted by Gasteiger charge is 2.45. The molecule has 14 rings (SSSR count). The van der Waals surface area contributed by atoms with Crippen LogP contribution in [0.2, 0.25) is 0 Å². The molecule has 3 aliphatic heterocycles. The number of hydrogen-bond donors (Lipinski definition) is 1. The van der Waals surface area contributed by atoms with E-state index in [4.69, 9.17) is 4.99 Å². The number of para-hydroxylation sites is 2. The van der Waals surface area contributed by atoms with Gasteiger partial charge in [0.05, 0.1) is 45.5 Å².